The predicted molar refractivity (Wildman–Crippen MR) is 115 cm³/mol. The number of aliphatic hydroxyl groups is 1. The Morgan fingerprint density at radius 3 is 2.39 bits per heavy atom. The number of benzene rings is 1. The number of aliphatic hydroxyl groups excluding tert-OH is 1. The molecule has 1 aliphatic carbocycles. The summed E-state index contributed by atoms with van der Waals surface area (Å²) < 4.78 is 6.24. The van der Waals surface area contributed by atoms with Gasteiger partial charge in [-0.15, -0.1) is 0 Å². The molecule has 1 N–H and O–H groups in total. The van der Waals surface area contributed by atoms with Gasteiger partial charge in [0.15, 0.2) is 0 Å². The average Bonchev–Trinajstić information content (AvgIpc) is 2.68. The molecule has 158 valence electrons. The molecular weight excluding hydrogens is 348 g/mol. The summed E-state index contributed by atoms with van der Waals surface area (Å²) in [6.07, 6.45) is 3.67. The largest absolute Gasteiger partial charge is 0.389 e. The highest BCUT2D eigenvalue weighted by Gasteiger charge is 2.32. The zero-order valence-corrected chi connectivity index (χ0v) is 18.1. The minimum absolute atomic E-state index is 0.320. The van der Waals surface area contributed by atoms with Crippen LogP contribution in [0.25, 0.3) is 0 Å². The lowest BCUT2D eigenvalue weighted by Crippen LogP contribution is -2.49. The summed E-state index contributed by atoms with van der Waals surface area (Å²) in [7, 11) is 0. The summed E-state index contributed by atoms with van der Waals surface area (Å²) in [6.45, 7) is 13.4. The van der Waals surface area contributed by atoms with E-state index in [-0.39, 0.29) is 6.10 Å². The second kappa shape index (κ2) is 10.7. The molecule has 3 rings (SSSR count). The van der Waals surface area contributed by atoms with E-state index in [1.54, 1.807) is 0 Å². The second-order valence-electron chi connectivity index (χ2n) is 9.41. The van der Waals surface area contributed by atoms with Gasteiger partial charge in [0, 0.05) is 39.3 Å². The number of piperazine rings is 1. The topological polar surface area (TPSA) is 35.9 Å². The van der Waals surface area contributed by atoms with Crippen molar-refractivity contribution in [1.82, 2.24) is 9.80 Å². The minimum atomic E-state index is -0.384. The summed E-state index contributed by atoms with van der Waals surface area (Å²) >= 11 is 0. The number of ether oxygens (including phenoxy) is 1. The fourth-order valence-electron chi connectivity index (χ4n) is 4.86. The van der Waals surface area contributed by atoms with Gasteiger partial charge in [-0.2, -0.15) is 0 Å². The highest BCUT2D eigenvalue weighted by atomic mass is 16.5. The van der Waals surface area contributed by atoms with Crippen LogP contribution in [0.1, 0.15) is 45.6 Å². The van der Waals surface area contributed by atoms with Crippen LogP contribution in [0.15, 0.2) is 30.3 Å². The minimum Gasteiger partial charge on any atom is -0.389 e. The van der Waals surface area contributed by atoms with Crippen molar-refractivity contribution in [3.05, 3.63) is 35.9 Å². The summed E-state index contributed by atoms with van der Waals surface area (Å²) in [6, 6.07) is 10.7. The molecule has 1 saturated carbocycles. The Kier molecular flexibility index (Phi) is 8.34. The smallest absolute Gasteiger partial charge is 0.0900 e. The maximum atomic E-state index is 10.5. The van der Waals surface area contributed by atoms with Gasteiger partial charge >= 0.3 is 0 Å². The second-order valence-corrected chi connectivity index (χ2v) is 9.41. The van der Waals surface area contributed by atoms with E-state index in [2.05, 4.69) is 60.9 Å². The lowest BCUT2D eigenvalue weighted by Gasteiger charge is -2.38. The number of nitrogens with zero attached hydrogens (tertiary/aromatic N) is 2. The Labute approximate surface area is 171 Å². The van der Waals surface area contributed by atoms with Crippen molar-refractivity contribution in [2.24, 2.45) is 17.8 Å². The van der Waals surface area contributed by atoms with E-state index in [9.17, 15) is 5.11 Å². The zero-order chi connectivity index (χ0) is 19.9. The van der Waals surface area contributed by atoms with Crippen molar-refractivity contribution in [3.8, 4) is 0 Å². The molecule has 4 nitrogen and oxygen atoms in total. The molecule has 1 aromatic carbocycles. The van der Waals surface area contributed by atoms with Crippen LogP contribution in [0.2, 0.25) is 0 Å². The maximum absolute atomic E-state index is 10.5. The fraction of sp³-hybridized carbons (Fsp3) is 0.750. The SMILES string of the molecule is CC(C)[C@@H]1CC[C@H](C)C[C@@H]1OC[C@@H](O)CN1CCN(Cc2ccccc2)CC1. The quantitative estimate of drug-likeness (QED) is 0.738. The van der Waals surface area contributed by atoms with Crippen molar-refractivity contribution in [1.29, 1.82) is 0 Å². The van der Waals surface area contributed by atoms with Crippen LogP contribution in [-0.4, -0.2) is 66.4 Å². The predicted octanol–water partition coefficient (Wildman–Crippen LogP) is 3.64. The first kappa shape index (κ1) is 21.8. The molecule has 28 heavy (non-hydrogen) atoms. The van der Waals surface area contributed by atoms with Gasteiger partial charge in [-0.25, -0.2) is 0 Å². The first-order valence-electron chi connectivity index (χ1n) is 11.3. The van der Waals surface area contributed by atoms with Crippen molar-refractivity contribution in [2.45, 2.75) is 58.8 Å². The number of hydrogen-bond acceptors (Lipinski definition) is 4. The molecule has 2 fully saturated rings. The zero-order valence-electron chi connectivity index (χ0n) is 18.1. The molecule has 0 unspecified atom stereocenters. The highest BCUT2D eigenvalue weighted by molar-refractivity contribution is 5.14. The van der Waals surface area contributed by atoms with Crippen molar-refractivity contribution in [3.63, 3.8) is 0 Å². The molecule has 1 aliphatic heterocycles. The molecule has 0 spiro atoms. The summed E-state index contributed by atoms with van der Waals surface area (Å²) in [5, 5.41) is 10.5. The van der Waals surface area contributed by atoms with Crippen molar-refractivity contribution >= 4 is 0 Å². The van der Waals surface area contributed by atoms with Gasteiger partial charge in [-0.1, -0.05) is 57.5 Å². The van der Waals surface area contributed by atoms with Gasteiger partial charge in [-0.3, -0.25) is 9.80 Å². The van der Waals surface area contributed by atoms with Crippen LogP contribution in [-0.2, 0) is 11.3 Å². The average molecular weight is 389 g/mol. The molecule has 2 aliphatic rings. The van der Waals surface area contributed by atoms with E-state index in [1.165, 1.54) is 18.4 Å². The van der Waals surface area contributed by atoms with Crippen LogP contribution in [0, 0.1) is 17.8 Å². The summed E-state index contributed by atoms with van der Waals surface area (Å²) in [4.78, 5) is 4.89. The van der Waals surface area contributed by atoms with E-state index in [1.807, 2.05) is 0 Å². The van der Waals surface area contributed by atoms with Crippen LogP contribution >= 0.6 is 0 Å². The molecule has 4 heteroatoms. The molecule has 0 bridgehead atoms. The van der Waals surface area contributed by atoms with Crippen LogP contribution < -0.4 is 0 Å². The Balaban J connectivity index is 1.36. The Bertz CT molecular complexity index is 557. The molecule has 0 aromatic heterocycles. The number of β-amino-alcohol motifs (C(OH)–C–C–N with tert-alkyl or cyclic N) is 1. The first-order chi connectivity index (χ1) is 13.5. The van der Waals surface area contributed by atoms with Gasteiger partial charge in [0.05, 0.1) is 18.8 Å². The van der Waals surface area contributed by atoms with Gasteiger partial charge < -0.3 is 9.84 Å². The molecular formula is C24H40N2O2. The lowest BCUT2D eigenvalue weighted by atomic mass is 9.75. The van der Waals surface area contributed by atoms with Gasteiger partial charge in [0.25, 0.3) is 0 Å². The van der Waals surface area contributed by atoms with Crippen LogP contribution in [0.3, 0.4) is 0 Å². The van der Waals surface area contributed by atoms with Crippen molar-refractivity contribution in [2.75, 3.05) is 39.3 Å². The van der Waals surface area contributed by atoms with E-state index in [4.69, 9.17) is 4.74 Å². The first-order valence-corrected chi connectivity index (χ1v) is 11.3. The summed E-state index contributed by atoms with van der Waals surface area (Å²) in [5.74, 6) is 2.05. The molecule has 1 heterocycles. The molecule has 1 saturated heterocycles. The third kappa shape index (κ3) is 6.55. The fourth-order valence-corrected chi connectivity index (χ4v) is 4.86. The Morgan fingerprint density at radius 1 is 1.04 bits per heavy atom. The summed E-state index contributed by atoms with van der Waals surface area (Å²) in [5.41, 5.74) is 1.38. The molecule has 4 atom stereocenters. The van der Waals surface area contributed by atoms with Gasteiger partial charge in [-0.05, 0) is 36.2 Å². The molecule has 1 aromatic rings. The van der Waals surface area contributed by atoms with E-state index in [0.29, 0.717) is 24.5 Å². The maximum Gasteiger partial charge on any atom is 0.0900 e. The van der Waals surface area contributed by atoms with Crippen LogP contribution in [0.4, 0.5) is 0 Å². The van der Waals surface area contributed by atoms with E-state index < -0.39 is 0 Å². The standard InChI is InChI=1S/C24H40N2O2/c1-19(2)23-10-9-20(3)15-24(23)28-18-22(27)17-26-13-11-25(12-14-26)16-21-7-5-4-6-8-21/h4-8,19-20,22-24,27H,9-18H2,1-3H3/t20-,22-,23-,24-/m0/s1. The van der Waals surface area contributed by atoms with E-state index >= 15 is 0 Å². The third-order valence-electron chi connectivity index (χ3n) is 6.65. The normalized spacial score (nSPS) is 28.5. The van der Waals surface area contributed by atoms with E-state index in [0.717, 1.165) is 51.6 Å². The van der Waals surface area contributed by atoms with Crippen LogP contribution in [0.5, 0.6) is 0 Å². The number of rotatable bonds is 8. The lowest BCUT2D eigenvalue weighted by molar-refractivity contribution is -0.0755. The van der Waals surface area contributed by atoms with Gasteiger partial charge in [0.1, 0.15) is 0 Å². The monoisotopic (exact) mass is 388 g/mol. The van der Waals surface area contributed by atoms with Gasteiger partial charge in [0.2, 0.25) is 0 Å². The molecule has 0 amide bonds. The third-order valence-corrected chi connectivity index (χ3v) is 6.65. The van der Waals surface area contributed by atoms with Crippen molar-refractivity contribution < 1.29 is 9.84 Å². The Morgan fingerprint density at radius 2 is 1.71 bits per heavy atom. The number of hydrogen-bond donors (Lipinski definition) is 1. The Hall–Kier alpha value is -0.940. The molecule has 0 radical (unpaired) electrons. The highest BCUT2D eigenvalue weighted by Crippen LogP contribution is 2.35.